The van der Waals surface area contributed by atoms with E-state index >= 15 is 0 Å². The molecule has 0 unspecified atom stereocenters. The summed E-state index contributed by atoms with van der Waals surface area (Å²) >= 11 is 3.34. The van der Waals surface area contributed by atoms with Gasteiger partial charge in [0, 0.05) is 10.0 Å². The topological polar surface area (TPSA) is 71.0 Å². The number of amides is 3. The van der Waals surface area contributed by atoms with Crippen molar-refractivity contribution in [2.45, 2.75) is 0 Å². The van der Waals surface area contributed by atoms with Gasteiger partial charge in [-0.15, -0.1) is 0 Å². The molecule has 0 spiro atoms. The summed E-state index contributed by atoms with van der Waals surface area (Å²) in [6, 6.07) is 4.89. The number of hydrogen-bond acceptors (Lipinski definition) is 4. The molecule has 0 radical (unpaired) electrons. The summed E-state index contributed by atoms with van der Waals surface area (Å²) in [4.78, 5) is 22.2. The number of methoxy groups -OCH3 is 1. The minimum atomic E-state index is -0.523. The first-order valence-electron chi connectivity index (χ1n) is 5.09. The van der Waals surface area contributed by atoms with Crippen molar-refractivity contribution in [2.75, 3.05) is 13.7 Å². The number of nitrogens with zero attached hydrogens (tertiary/aromatic N) is 2. The molecule has 1 aromatic carbocycles. The maximum atomic E-state index is 11.3. The van der Waals surface area contributed by atoms with Gasteiger partial charge in [0.2, 0.25) is 5.91 Å². The number of carbonyl (C=O) groups is 2. The van der Waals surface area contributed by atoms with Crippen molar-refractivity contribution in [1.29, 1.82) is 0 Å². The van der Waals surface area contributed by atoms with Gasteiger partial charge < -0.3 is 4.74 Å². The fourth-order valence-electron chi connectivity index (χ4n) is 1.46. The van der Waals surface area contributed by atoms with Gasteiger partial charge >= 0.3 is 6.03 Å². The Morgan fingerprint density at radius 1 is 1.50 bits per heavy atom. The molecule has 1 aliphatic heterocycles. The van der Waals surface area contributed by atoms with Crippen LogP contribution in [-0.2, 0) is 4.79 Å². The summed E-state index contributed by atoms with van der Waals surface area (Å²) in [5.41, 5.74) is 0.707. The molecule has 0 bridgehead atoms. The fraction of sp³-hybridized carbons (Fsp3) is 0.182. The van der Waals surface area contributed by atoms with Crippen molar-refractivity contribution < 1.29 is 14.3 Å². The van der Waals surface area contributed by atoms with Crippen molar-refractivity contribution in [3.05, 3.63) is 28.2 Å². The first-order valence-corrected chi connectivity index (χ1v) is 5.88. The van der Waals surface area contributed by atoms with Gasteiger partial charge in [-0.25, -0.2) is 9.80 Å². The zero-order valence-corrected chi connectivity index (χ0v) is 11.1. The molecule has 94 valence electrons. The molecule has 0 saturated carbocycles. The van der Waals surface area contributed by atoms with Crippen LogP contribution in [0.2, 0.25) is 0 Å². The van der Waals surface area contributed by atoms with E-state index in [2.05, 4.69) is 26.3 Å². The van der Waals surface area contributed by atoms with Crippen LogP contribution in [0.5, 0.6) is 5.75 Å². The molecule has 0 aliphatic carbocycles. The van der Waals surface area contributed by atoms with E-state index in [1.54, 1.807) is 19.2 Å². The van der Waals surface area contributed by atoms with E-state index in [0.29, 0.717) is 11.3 Å². The highest BCUT2D eigenvalue weighted by Crippen LogP contribution is 2.21. The second-order valence-electron chi connectivity index (χ2n) is 3.54. The number of benzene rings is 1. The Morgan fingerprint density at radius 2 is 2.28 bits per heavy atom. The SMILES string of the molecule is COc1ccc(Br)cc1/C=N\N1CC(=O)NC1=O. The molecule has 1 aliphatic rings. The Hall–Kier alpha value is -1.89. The number of hydrogen-bond donors (Lipinski definition) is 1. The Balaban J connectivity index is 2.20. The van der Waals surface area contributed by atoms with E-state index in [0.717, 1.165) is 9.48 Å². The largest absolute Gasteiger partial charge is 0.496 e. The summed E-state index contributed by atoms with van der Waals surface area (Å²) < 4.78 is 6.03. The van der Waals surface area contributed by atoms with Crippen LogP contribution in [0.15, 0.2) is 27.8 Å². The summed E-state index contributed by atoms with van der Waals surface area (Å²) in [5.74, 6) is 0.270. The van der Waals surface area contributed by atoms with Crippen LogP contribution in [0.4, 0.5) is 4.79 Å². The molecule has 1 heterocycles. The van der Waals surface area contributed by atoms with Gasteiger partial charge in [-0.1, -0.05) is 15.9 Å². The highest BCUT2D eigenvalue weighted by atomic mass is 79.9. The molecule has 1 aromatic rings. The van der Waals surface area contributed by atoms with Crippen LogP contribution in [-0.4, -0.2) is 36.8 Å². The molecule has 1 saturated heterocycles. The van der Waals surface area contributed by atoms with Gasteiger partial charge in [-0.2, -0.15) is 5.10 Å². The predicted molar refractivity (Wildman–Crippen MR) is 68.5 cm³/mol. The molecule has 1 fully saturated rings. The second-order valence-corrected chi connectivity index (χ2v) is 4.46. The number of urea groups is 1. The van der Waals surface area contributed by atoms with Crippen molar-refractivity contribution in [3.63, 3.8) is 0 Å². The van der Waals surface area contributed by atoms with Crippen molar-refractivity contribution >= 4 is 34.1 Å². The average molecular weight is 312 g/mol. The number of halogens is 1. The number of hydrazone groups is 1. The van der Waals surface area contributed by atoms with E-state index < -0.39 is 6.03 Å². The van der Waals surface area contributed by atoms with Crippen LogP contribution in [0, 0.1) is 0 Å². The van der Waals surface area contributed by atoms with Crippen molar-refractivity contribution in [1.82, 2.24) is 10.3 Å². The van der Waals surface area contributed by atoms with Gasteiger partial charge in [0.15, 0.2) is 0 Å². The number of nitrogens with one attached hydrogen (secondary N) is 1. The van der Waals surface area contributed by atoms with Gasteiger partial charge in [0.1, 0.15) is 12.3 Å². The summed E-state index contributed by atoms with van der Waals surface area (Å²) in [7, 11) is 1.55. The van der Waals surface area contributed by atoms with E-state index in [1.807, 2.05) is 6.07 Å². The van der Waals surface area contributed by atoms with Gasteiger partial charge in [0.05, 0.1) is 13.3 Å². The zero-order chi connectivity index (χ0) is 13.1. The van der Waals surface area contributed by atoms with Gasteiger partial charge in [-0.3, -0.25) is 10.1 Å². The first kappa shape index (κ1) is 12.6. The van der Waals surface area contributed by atoms with Crippen molar-refractivity contribution in [3.8, 4) is 5.75 Å². The number of imide groups is 1. The van der Waals surface area contributed by atoms with Crippen LogP contribution >= 0.6 is 15.9 Å². The quantitative estimate of drug-likeness (QED) is 0.676. The molecular formula is C11H10BrN3O3. The highest BCUT2D eigenvalue weighted by Gasteiger charge is 2.25. The summed E-state index contributed by atoms with van der Waals surface area (Å²) in [6.45, 7) is -0.0638. The van der Waals surface area contributed by atoms with E-state index in [9.17, 15) is 9.59 Å². The molecule has 3 amide bonds. The maximum absolute atomic E-state index is 11.3. The number of carbonyl (C=O) groups excluding carboxylic acids is 2. The Kier molecular flexibility index (Phi) is 3.61. The number of rotatable bonds is 3. The first-order chi connectivity index (χ1) is 8.60. The third kappa shape index (κ3) is 2.67. The molecule has 0 atom stereocenters. The molecule has 6 nitrogen and oxygen atoms in total. The lowest BCUT2D eigenvalue weighted by Crippen LogP contribution is -2.24. The van der Waals surface area contributed by atoms with E-state index in [1.165, 1.54) is 6.21 Å². The van der Waals surface area contributed by atoms with Crippen molar-refractivity contribution in [2.24, 2.45) is 5.10 Å². The third-order valence-electron chi connectivity index (χ3n) is 2.30. The van der Waals surface area contributed by atoms with Crippen LogP contribution in [0.25, 0.3) is 0 Å². The molecule has 2 rings (SSSR count). The second kappa shape index (κ2) is 5.18. The molecule has 1 N–H and O–H groups in total. The van der Waals surface area contributed by atoms with Gasteiger partial charge in [0.25, 0.3) is 0 Å². The monoisotopic (exact) mass is 311 g/mol. The molecular weight excluding hydrogens is 302 g/mol. The van der Waals surface area contributed by atoms with Crippen LogP contribution < -0.4 is 10.1 Å². The Labute approximate surface area is 112 Å². The summed E-state index contributed by atoms with van der Waals surface area (Å²) in [6.07, 6.45) is 1.47. The standard InChI is InChI=1S/C11H10BrN3O3/c1-18-9-3-2-8(12)4-7(9)5-13-15-6-10(16)14-11(15)17/h2-5H,6H2,1H3,(H,14,16,17)/b13-5-. The predicted octanol–water partition coefficient (Wildman–Crippen LogP) is 1.34. The average Bonchev–Trinajstić information content (AvgIpc) is 2.65. The number of ether oxygens (including phenoxy) is 1. The third-order valence-corrected chi connectivity index (χ3v) is 2.80. The van der Waals surface area contributed by atoms with E-state index in [-0.39, 0.29) is 12.5 Å². The molecule has 7 heteroatoms. The zero-order valence-electron chi connectivity index (χ0n) is 9.51. The van der Waals surface area contributed by atoms with Crippen LogP contribution in [0.3, 0.4) is 0 Å². The fourth-order valence-corrected chi connectivity index (χ4v) is 1.84. The maximum Gasteiger partial charge on any atom is 0.344 e. The molecule has 0 aromatic heterocycles. The normalized spacial score (nSPS) is 15.3. The minimum absolute atomic E-state index is 0.0638. The van der Waals surface area contributed by atoms with Crippen LogP contribution in [0.1, 0.15) is 5.56 Å². The Bertz CT molecular complexity index is 530. The lowest BCUT2D eigenvalue weighted by atomic mass is 10.2. The highest BCUT2D eigenvalue weighted by molar-refractivity contribution is 9.10. The lowest BCUT2D eigenvalue weighted by molar-refractivity contribution is -0.118. The van der Waals surface area contributed by atoms with Gasteiger partial charge in [-0.05, 0) is 18.2 Å². The smallest absolute Gasteiger partial charge is 0.344 e. The summed E-state index contributed by atoms with van der Waals surface area (Å²) in [5, 5.41) is 7.14. The Morgan fingerprint density at radius 3 is 2.89 bits per heavy atom. The minimum Gasteiger partial charge on any atom is -0.496 e. The van der Waals surface area contributed by atoms with E-state index in [4.69, 9.17) is 4.74 Å². The molecule has 18 heavy (non-hydrogen) atoms. The lowest BCUT2D eigenvalue weighted by Gasteiger charge is -2.07.